The van der Waals surface area contributed by atoms with E-state index in [-0.39, 0.29) is 23.7 Å². The van der Waals surface area contributed by atoms with Crippen molar-refractivity contribution in [2.24, 2.45) is 5.41 Å². The largest absolute Gasteiger partial charge is 0.399 e. The molecule has 1 spiro atoms. The van der Waals surface area contributed by atoms with Gasteiger partial charge in [-0.3, -0.25) is 4.79 Å². The lowest BCUT2D eigenvalue weighted by molar-refractivity contribution is -0.175. The number of amides is 1. The maximum absolute atomic E-state index is 12.2. The van der Waals surface area contributed by atoms with E-state index in [9.17, 15) is 4.79 Å². The van der Waals surface area contributed by atoms with Crippen LogP contribution in [0.3, 0.4) is 0 Å². The number of aryl methyl sites for hydroxylation is 1. The van der Waals surface area contributed by atoms with Crippen molar-refractivity contribution in [3.8, 4) is 0 Å². The molecule has 1 aromatic carbocycles. The smallest absolute Gasteiger partial charge is 0.220 e. The molecule has 0 saturated heterocycles. The van der Waals surface area contributed by atoms with Crippen LogP contribution in [0.5, 0.6) is 0 Å². The lowest BCUT2D eigenvalue weighted by Gasteiger charge is -2.61. The number of benzene rings is 1. The normalized spacial score (nSPS) is 24.2. The molecule has 1 amide bonds. The maximum atomic E-state index is 12.2. The first-order valence-corrected chi connectivity index (χ1v) is 8.40. The monoisotopic (exact) mass is 338 g/mol. The van der Waals surface area contributed by atoms with E-state index in [1.165, 1.54) is 19.3 Å². The number of carbonyl (C=O) groups excluding carboxylic acids is 1. The molecule has 5 heteroatoms. The van der Waals surface area contributed by atoms with Crippen molar-refractivity contribution in [3.63, 3.8) is 0 Å². The van der Waals surface area contributed by atoms with E-state index < -0.39 is 0 Å². The molecule has 0 aromatic heterocycles. The molecule has 1 aromatic rings. The van der Waals surface area contributed by atoms with E-state index in [2.05, 4.69) is 5.32 Å². The second-order valence-electron chi connectivity index (χ2n) is 6.59. The molecule has 3 N–H and O–H groups in total. The second-order valence-corrected chi connectivity index (χ2v) is 6.59. The topological polar surface area (TPSA) is 64.3 Å². The van der Waals surface area contributed by atoms with E-state index in [0.717, 1.165) is 24.3 Å². The number of rotatable bonds is 6. The highest BCUT2D eigenvalue weighted by Gasteiger charge is 2.59. The summed E-state index contributed by atoms with van der Waals surface area (Å²) in [6.45, 7) is 2.81. The lowest BCUT2D eigenvalue weighted by Crippen LogP contribution is -2.67. The third-order valence-electron chi connectivity index (χ3n) is 5.45. The molecule has 0 heterocycles. The van der Waals surface area contributed by atoms with Crippen molar-refractivity contribution in [3.05, 3.63) is 29.8 Å². The number of nitrogens with one attached hydrogen (secondary N) is 1. The zero-order chi connectivity index (χ0) is 15.6. The summed E-state index contributed by atoms with van der Waals surface area (Å²) < 4.78 is 5.82. The zero-order valence-corrected chi connectivity index (χ0v) is 14.5. The Morgan fingerprint density at radius 1 is 1.39 bits per heavy atom. The van der Waals surface area contributed by atoms with E-state index in [1.807, 2.05) is 31.2 Å². The second kappa shape index (κ2) is 7.54. The van der Waals surface area contributed by atoms with Crippen molar-refractivity contribution >= 4 is 24.0 Å². The van der Waals surface area contributed by atoms with E-state index in [0.29, 0.717) is 25.0 Å². The van der Waals surface area contributed by atoms with Gasteiger partial charge in [0.15, 0.2) is 0 Å². The molecule has 2 saturated carbocycles. The third kappa shape index (κ3) is 3.48. The predicted octanol–water partition coefficient (Wildman–Crippen LogP) is 3.09. The number of halogens is 1. The molecule has 2 fully saturated rings. The van der Waals surface area contributed by atoms with E-state index in [1.54, 1.807) is 0 Å². The fraction of sp³-hybridized carbons (Fsp3) is 0.611. The summed E-state index contributed by atoms with van der Waals surface area (Å²) in [7, 11) is 0. The zero-order valence-electron chi connectivity index (χ0n) is 13.7. The number of ether oxygens (including phenoxy) is 1. The Hall–Kier alpha value is -1.26. The lowest BCUT2D eigenvalue weighted by atomic mass is 9.51. The summed E-state index contributed by atoms with van der Waals surface area (Å²) in [5.74, 6) is 0.134. The Kier molecular flexibility index (Phi) is 5.93. The van der Waals surface area contributed by atoms with Crippen LogP contribution < -0.4 is 11.1 Å². The van der Waals surface area contributed by atoms with Crippen molar-refractivity contribution in [2.45, 2.75) is 57.6 Å². The van der Waals surface area contributed by atoms with Gasteiger partial charge in [-0.05, 0) is 44.2 Å². The minimum absolute atomic E-state index is 0. The summed E-state index contributed by atoms with van der Waals surface area (Å²) >= 11 is 0. The summed E-state index contributed by atoms with van der Waals surface area (Å²) in [6.07, 6.45) is 6.15. The van der Waals surface area contributed by atoms with Crippen LogP contribution >= 0.6 is 12.4 Å². The molecule has 2 unspecified atom stereocenters. The number of hydrogen-bond donors (Lipinski definition) is 2. The Morgan fingerprint density at radius 2 is 2.13 bits per heavy atom. The van der Waals surface area contributed by atoms with Crippen LogP contribution in [0.2, 0.25) is 0 Å². The molecule has 2 atom stereocenters. The summed E-state index contributed by atoms with van der Waals surface area (Å²) in [4.78, 5) is 12.2. The van der Waals surface area contributed by atoms with Gasteiger partial charge in [-0.15, -0.1) is 12.4 Å². The van der Waals surface area contributed by atoms with Crippen molar-refractivity contribution in [2.75, 3.05) is 12.3 Å². The number of nitrogen functional groups attached to an aromatic ring is 1. The van der Waals surface area contributed by atoms with Gasteiger partial charge in [0.25, 0.3) is 0 Å². The Labute approximate surface area is 144 Å². The van der Waals surface area contributed by atoms with Gasteiger partial charge in [-0.2, -0.15) is 0 Å². The van der Waals surface area contributed by atoms with Gasteiger partial charge in [0, 0.05) is 30.2 Å². The van der Waals surface area contributed by atoms with Gasteiger partial charge in [-0.1, -0.05) is 24.6 Å². The van der Waals surface area contributed by atoms with Gasteiger partial charge in [0.2, 0.25) is 5.91 Å². The molecular formula is C18H27ClN2O2. The Bertz CT molecular complexity index is 546. The van der Waals surface area contributed by atoms with E-state index in [4.69, 9.17) is 10.5 Å². The standard InChI is InChI=1S/C18H26N2O2.ClH/c1-2-22-16-12-15(18(16)10-5-11-18)20-17(21)9-8-13-6-3-4-7-14(13)19;/h3-4,6-7,15-16H,2,5,8-12,19H2,1H3,(H,20,21);1H. The minimum Gasteiger partial charge on any atom is -0.399 e. The maximum Gasteiger partial charge on any atom is 0.220 e. The Balaban J connectivity index is 0.00000192. The molecule has 23 heavy (non-hydrogen) atoms. The van der Waals surface area contributed by atoms with Crippen LogP contribution in [0.4, 0.5) is 5.69 Å². The fourth-order valence-corrected chi connectivity index (χ4v) is 3.92. The number of para-hydroxylation sites is 1. The van der Waals surface area contributed by atoms with Crippen LogP contribution in [0.15, 0.2) is 24.3 Å². The fourth-order valence-electron chi connectivity index (χ4n) is 3.92. The van der Waals surface area contributed by atoms with Crippen LogP contribution in [0, 0.1) is 5.41 Å². The first-order valence-electron chi connectivity index (χ1n) is 8.40. The molecule has 2 aliphatic carbocycles. The average molecular weight is 339 g/mol. The SMILES string of the molecule is CCOC1CC(NC(=O)CCc2ccccc2N)C12CCC2.Cl. The highest BCUT2D eigenvalue weighted by Crippen LogP contribution is 2.57. The van der Waals surface area contributed by atoms with Gasteiger partial charge < -0.3 is 15.8 Å². The van der Waals surface area contributed by atoms with Gasteiger partial charge >= 0.3 is 0 Å². The first kappa shape index (κ1) is 18.1. The van der Waals surface area contributed by atoms with Crippen LogP contribution in [0.25, 0.3) is 0 Å². The molecular weight excluding hydrogens is 312 g/mol. The molecule has 0 bridgehead atoms. The summed E-state index contributed by atoms with van der Waals surface area (Å²) in [5.41, 5.74) is 7.98. The van der Waals surface area contributed by atoms with Crippen molar-refractivity contribution in [1.29, 1.82) is 0 Å². The molecule has 0 aliphatic heterocycles. The first-order chi connectivity index (χ1) is 10.7. The number of anilines is 1. The highest BCUT2D eigenvalue weighted by atomic mass is 35.5. The number of carbonyl (C=O) groups is 1. The van der Waals surface area contributed by atoms with Crippen LogP contribution in [-0.2, 0) is 16.0 Å². The van der Waals surface area contributed by atoms with Gasteiger partial charge in [-0.25, -0.2) is 0 Å². The van der Waals surface area contributed by atoms with Gasteiger partial charge in [0.05, 0.1) is 6.10 Å². The van der Waals surface area contributed by atoms with E-state index >= 15 is 0 Å². The van der Waals surface area contributed by atoms with Crippen LogP contribution in [0.1, 0.15) is 44.6 Å². The molecule has 128 valence electrons. The summed E-state index contributed by atoms with van der Waals surface area (Å²) in [5, 5.41) is 3.23. The predicted molar refractivity (Wildman–Crippen MR) is 94.7 cm³/mol. The minimum atomic E-state index is 0. The van der Waals surface area contributed by atoms with Crippen molar-refractivity contribution in [1.82, 2.24) is 5.32 Å². The molecule has 2 aliphatic rings. The molecule has 0 radical (unpaired) electrons. The van der Waals surface area contributed by atoms with Crippen LogP contribution in [-0.4, -0.2) is 24.7 Å². The molecule has 4 nitrogen and oxygen atoms in total. The summed E-state index contributed by atoms with van der Waals surface area (Å²) in [6, 6.07) is 8.06. The average Bonchev–Trinajstić information content (AvgIpc) is 2.43. The Morgan fingerprint density at radius 3 is 2.74 bits per heavy atom. The number of hydrogen-bond acceptors (Lipinski definition) is 3. The number of nitrogens with two attached hydrogens (primary N) is 1. The quantitative estimate of drug-likeness (QED) is 0.783. The van der Waals surface area contributed by atoms with Crippen molar-refractivity contribution < 1.29 is 9.53 Å². The van der Waals surface area contributed by atoms with Gasteiger partial charge in [0.1, 0.15) is 0 Å². The highest BCUT2D eigenvalue weighted by molar-refractivity contribution is 5.85. The molecule has 3 rings (SSSR count). The third-order valence-corrected chi connectivity index (χ3v) is 5.45.